The third-order valence-corrected chi connectivity index (χ3v) is 6.37. The quantitative estimate of drug-likeness (QED) is 0.484. The Labute approximate surface area is 187 Å². The van der Waals surface area contributed by atoms with Gasteiger partial charge in [-0.3, -0.25) is 9.52 Å². The number of anilines is 1. The summed E-state index contributed by atoms with van der Waals surface area (Å²) >= 11 is 6.15. The Hall–Kier alpha value is -3.03. The summed E-state index contributed by atoms with van der Waals surface area (Å²) in [6, 6.07) is 18.8. The molecule has 0 atom stereocenters. The average molecular weight is 459 g/mol. The summed E-state index contributed by atoms with van der Waals surface area (Å²) in [6.07, 6.45) is 0. The van der Waals surface area contributed by atoms with E-state index in [4.69, 9.17) is 16.3 Å². The summed E-state index contributed by atoms with van der Waals surface area (Å²) in [5.41, 5.74) is 2.34. The lowest BCUT2D eigenvalue weighted by molar-refractivity contribution is 0.0947. The van der Waals surface area contributed by atoms with E-state index in [0.717, 1.165) is 11.1 Å². The summed E-state index contributed by atoms with van der Waals surface area (Å²) in [5.74, 6) is 0.283. The molecule has 0 spiro atoms. The van der Waals surface area contributed by atoms with Crippen LogP contribution in [0.5, 0.6) is 5.75 Å². The van der Waals surface area contributed by atoms with Gasteiger partial charge in [0.1, 0.15) is 17.3 Å². The van der Waals surface area contributed by atoms with Gasteiger partial charge in [-0.1, -0.05) is 41.9 Å². The highest BCUT2D eigenvalue weighted by molar-refractivity contribution is 7.92. The predicted molar refractivity (Wildman–Crippen MR) is 122 cm³/mol. The Balaban J connectivity index is 1.70. The van der Waals surface area contributed by atoms with E-state index < -0.39 is 15.9 Å². The van der Waals surface area contributed by atoms with E-state index in [-0.39, 0.29) is 28.6 Å². The zero-order valence-electron chi connectivity index (χ0n) is 17.2. The zero-order chi connectivity index (χ0) is 22.4. The molecule has 6 nitrogen and oxygen atoms in total. The van der Waals surface area contributed by atoms with Crippen molar-refractivity contribution >= 4 is 33.2 Å². The number of rotatable bonds is 8. The molecule has 0 aromatic heterocycles. The van der Waals surface area contributed by atoms with Crippen LogP contribution in [0.15, 0.2) is 71.6 Å². The van der Waals surface area contributed by atoms with E-state index >= 15 is 0 Å². The van der Waals surface area contributed by atoms with E-state index in [1.165, 1.54) is 18.2 Å². The number of carbonyl (C=O) groups is 1. The first-order chi connectivity index (χ1) is 14.8. The lowest BCUT2D eigenvalue weighted by Gasteiger charge is -2.13. The van der Waals surface area contributed by atoms with Gasteiger partial charge in [0.15, 0.2) is 0 Å². The van der Waals surface area contributed by atoms with Crippen LogP contribution in [0.1, 0.15) is 21.5 Å². The second-order valence-corrected chi connectivity index (χ2v) is 9.04. The molecule has 0 saturated heterocycles. The molecule has 1 amide bonds. The molecule has 8 heteroatoms. The van der Waals surface area contributed by atoms with Gasteiger partial charge in [0.05, 0.1) is 17.3 Å². The van der Waals surface area contributed by atoms with Gasteiger partial charge in [-0.15, -0.1) is 0 Å². The van der Waals surface area contributed by atoms with Crippen molar-refractivity contribution in [2.24, 2.45) is 0 Å². The fourth-order valence-corrected chi connectivity index (χ4v) is 4.50. The second-order valence-electron chi connectivity index (χ2n) is 6.99. The van der Waals surface area contributed by atoms with Crippen molar-refractivity contribution in [1.29, 1.82) is 0 Å². The topological polar surface area (TPSA) is 84.5 Å². The Morgan fingerprint density at radius 1 is 1.00 bits per heavy atom. The molecule has 0 saturated carbocycles. The predicted octanol–water partition coefficient (Wildman–Crippen LogP) is 4.57. The number of sulfonamides is 1. The van der Waals surface area contributed by atoms with Crippen molar-refractivity contribution in [2.75, 3.05) is 17.9 Å². The van der Waals surface area contributed by atoms with Crippen LogP contribution in [-0.4, -0.2) is 27.5 Å². The molecule has 3 aromatic rings. The molecular weight excluding hydrogens is 436 g/mol. The molecule has 3 rings (SSSR count). The highest BCUT2D eigenvalue weighted by Crippen LogP contribution is 2.26. The van der Waals surface area contributed by atoms with Crippen LogP contribution in [0.4, 0.5) is 5.69 Å². The maximum atomic E-state index is 12.9. The van der Waals surface area contributed by atoms with Crippen LogP contribution in [0.25, 0.3) is 0 Å². The third-order valence-electron chi connectivity index (χ3n) is 4.52. The number of hydrogen-bond donors (Lipinski definition) is 2. The zero-order valence-corrected chi connectivity index (χ0v) is 18.8. The number of ether oxygens (including phenoxy) is 1. The van der Waals surface area contributed by atoms with Crippen molar-refractivity contribution in [1.82, 2.24) is 5.32 Å². The number of halogens is 1. The number of para-hydroxylation sites is 1. The van der Waals surface area contributed by atoms with E-state index in [0.29, 0.717) is 11.4 Å². The fraction of sp³-hybridized carbons (Fsp3) is 0.174. The standard InChI is InChI=1S/C23H23ClN2O4S/c1-16-8-9-17(2)21(14-16)26-31(28,29)22-15-18(10-11-20(22)24)23(27)25-12-13-30-19-6-4-3-5-7-19/h3-11,14-15,26H,12-13H2,1-2H3,(H,25,27). The Bertz CT molecular complexity index is 1180. The Kier molecular flexibility index (Phi) is 7.20. The highest BCUT2D eigenvalue weighted by atomic mass is 35.5. The van der Waals surface area contributed by atoms with E-state index in [2.05, 4.69) is 10.0 Å². The molecule has 31 heavy (non-hydrogen) atoms. The molecule has 0 aliphatic rings. The second kappa shape index (κ2) is 9.85. The van der Waals surface area contributed by atoms with Gasteiger partial charge >= 0.3 is 0 Å². The summed E-state index contributed by atoms with van der Waals surface area (Å²) in [6.45, 7) is 4.22. The normalized spacial score (nSPS) is 11.1. The van der Waals surface area contributed by atoms with E-state index in [1.54, 1.807) is 13.0 Å². The van der Waals surface area contributed by atoms with Gasteiger partial charge in [0.25, 0.3) is 15.9 Å². The van der Waals surface area contributed by atoms with Crippen LogP contribution in [0, 0.1) is 13.8 Å². The summed E-state index contributed by atoms with van der Waals surface area (Å²) in [7, 11) is -3.99. The first-order valence-electron chi connectivity index (χ1n) is 9.62. The van der Waals surface area contributed by atoms with Gasteiger partial charge in [-0.05, 0) is 61.4 Å². The van der Waals surface area contributed by atoms with Gasteiger partial charge in [-0.2, -0.15) is 0 Å². The van der Waals surface area contributed by atoms with Gasteiger partial charge < -0.3 is 10.1 Å². The number of benzene rings is 3. The number of nitrogens with one attached hydrogen (secondary N) is 2. The molecule has 0 heterocycles. The number of hydrogen-bond acceptors (Lipinski definition) is 4. The van der Waals surface area contributed by atoms with Crippen LogP contribution < -0.4 is 14.8 Å². The minimum Gasteiger partial charge on any atom is -0.492 e. The first kappa shape index (κ1) is 22.7. The summed E-state index contributed by atoms with van der Waals surface area (Å²) in [5, 5.41) is 2.74. The number of amides is 1. The lowest BCUT2D eigenvalue weighted by Crippen LogP contribution is -2.28. The van der Waals surface area contributed by atoms with Crippen molar-refractivity contribution in [3.05, 3.63) is 88.4 Å². The minimum atomic E-state index is -3.99. The fourth-order valence-electron chi connectivity index (χ4n) is 2.85. The van der Waals surface area contributed by atoms with Crippen LogP contribution in [0.3, 0.4) is 0 Å². The van der Waals surface area contributed by atoms with Crippen molar-refractivity contribution in [3.8, 4) is 5.75 Å². The van der Waals surface area contributed by atoms with Crippen LogP contribution in [0.2, 0.25) is 5.02 Å². The maximum absolute atomic E-state index is 12.9. The lowest BCUT2D eigenvalue weighted by atomic mass is 10.1. The third kappa shape index (κ3) is 5.99. The highest BCUT2D eigenvalue weighted by Gasteiger charge is 2.21. The van der Waals surface area contributed by atoms with Gasteiger partial charge in [0, 0.05) is 5.56 Å². The Morgan fingerprint density at radius 2 is 1.74 bits per heavy atom. The Morgan fingerprint density at radius 3 is 2.48 bits per heavy atom. The number of carbonyl (C=O) groups excluding carboxylic acids is 1. The molecule has 0 aliphatic heterocycles. The molecule has 0 bridgehead atoms. The van der Waals surface area contributed by atoms with Crippen LogP contribution >= 0.6 is 11.6 Å². The smallest absolute Gasteiger partial charge is 0.263 e. The van der Waals surface area contributed by atoms with Crippen molar-refractivity contribution in [2.45, 2.75) is 18.7 Å². The summed E-state index contributed by atoms with van der Waals surface area (Å²) < 4.78 is 34.0. The molecule has 0 fully saturated rings. The van der Waals surface area contributed by atoms with Crippen molar-refractivity contribution < 1.29 is 17.9 Å². The largest absolute Gasteiger partial charge is 0.492 e. The number of aryl methyl sites for hydroxylation is 2. The molecule has 162 valence electrons. The van der Waals surface area contributed by atoms with E-state index in [1.807, 2.05) is 49.4 Å². The van der Waals surface area contributed by atoms with Crippen molar-refractivity contribution in [3.63, 3.8) is 0 Å². The van der Waals surface area contributed by atoms with Gasteiger partial charge in [0.2, 0.25) is 0 Å². The molecule has 3 aromatic carbocycles. The summed E-state index contributed by atoms with van der Waals surface area (Å²) in [4.78, 5) is 12.3. The molecule has 0 unspecified atom stereocenters. The molecular formula is C23H23ClN2O4S. The molecule has 0 aliphatic carbocycles. The SMILES string of the molecule is Cc1ccc(C)c(NS(=O)(=O)c2cc(C(=O)NCCOc3ccccc3)ccc2Cl)c1. The average Bonchev–Trinajstić information content (AvgIpc) is 2.74. The van der Waals surface area contributed by atoms with E-state index in [9.17, 15) is 13.2 Å². The first-order valence-corrected chi connectivity index (χ1v) is 11.5. The van der Waals surface area contributed by atoms with Gasteiger partial charge in [-0.25, -0.2) is 8.42 Å². The minimum absolute atomic E-state index is 0.0294. The van der Waals surface area contributed by atoms with Crippen LogP contribution in [-0.2, 0) is 10.0 Å². The maximum Gasteiger partial charge on any atom is 0.263 e. The molecule has 0 radical (unpaired) electrons. The molecule has 2 N–H and O–H groups in total. The monoisotopic (exact) mass is 458 g/mol.